The number of likely N-dealkylation sites (N-methyl/N-ethyl adjacent to an activating group) is 1. The highest BCUT2D eigenvalue weighted by Crippen LogP contribution is 2.39. The molecule has 112 valence electrons. The van der Waals surface area contributed by atoms with Gasteiger partial charge in [-0.2, -0.15) is 0 Å². The van der Waals surface area contributed by atoms with E-state index in [1.165, 1.54) is 16.0 Å². The fraction of sp³-hybridized carbons (Fsp3) is 0.333. The number of rotatable bonds is 4. The van der Waals surface area contributed by atoms with Crippen molar-refractivity contribution in [2.45, 2.75) is 18.9 Å². The third-order valence-electron chi connectivity index (χ3n) is 3.61. The van der Waals surface area contributed by atoms with Gasteiger partial charge in [-0.3, -0.25) is 0 Å². The van der Waals surface area contributed by atoms with Gasteiger partial charge in [-0.15, -0.1) is 11.3 Å². The maximum absolute atomic E-state index is 6.24. The van der Waals surface area contributed by atoms with E-state index in [2.05, 4.69) is 43.2 Å². The summed E-state index contributed by atoms with van der Waals surface area (Å²) in [5.41, 5.74) is 2.40. The molecule has 6 heteroatoms. The molecule has 3 rings (SSSR count). The highest BCUT2D eigenvalue weighted by atomic mass is 79.9. The molecule has 0 radical (unpaired) electrons. The van der Waals surface area contributed by atoms with Crippen LogP contribution in [-0.2, 0) is 12.8 Å². The van der Waals surface area contributed by atoms with E-state index in [1.807, 2.05) is 19.2 Å². The van der Waals surface area contributed by atoms with E-state index < -0.39 is 0 Å². The van der Waals surface area contributed by atoms with Crippen molar-refractivity contribution < 1.29 is 4.74 Å². The molecule has 2 aromatic rings. The van der Waals surface area contributed by atoms with E-state index in [0.29, 0.717) is 0 Å². The lowest BCUT2D eigenvalue weighted by Crippen LogP contribution is -2.18. The molecule has 0 saturated carbocycles. The minimum atomic E-state index is 0.240. The Balaban J connectivity index is 1.91. The Morgan fingerprint density at radius 2 is 2.19 bits per heavy atom. The summed E-state index contributed by atoms with van der Waals surface area (Å²) < 4.78 is 8.00. The predicted octanol–water partition coefficient (Wildman–Crippen LogP) is 5.36. The first-order valence-electron chi connectivity index (χ1n) is 6.64. The zero-order chi connectivity index (χ0) is 15.0. The van der Waals surface area contributed by atoms with Crippen molar-refractivity contribution in [3.63, 3.8) is 0 Å². The standard InChI is InChI=1S/C15H14Br2ClNOS/c1-19-12(13-7-11(16)15(17)21-13)6-9-5-10(18)4-8-2-3-20-14(8)9/h4-5,7,12,19H,2-3,6H2,1H3. The Hall–Kier alpha value is -0.0700. The van der Waals surface area contributed by atoms with Gasteiger partial charge in [0.05, 0.1) is 10.4 Å². The molecular weight excluding hydrogens is 437 g/mol. The molecule has 0 aliphatic carbocycles. The van der Waals surface area contributed by atoms with Crippen LogP contribution < -0.4 is 10.1 Å². The number of ether oxygens (including phenoxy) is 1. The molecule has 1 aliphatic heterocycles. The minimum absolute atomic E-state index is 0.240. The first kappa shape index (κ1) is 15.8. The van der Waals surface area contributed by atoms with Gasteiger partial charge < -0.3 is 10.1 Å². The highest BCUT2D eigenvalue weighted by Gasteiger charge is 2.21. The molecule has 21 heavy (non-hydrogen) atoms. The summed E-state index contributed by atoms with van der Waals surface area (Å²) >= 11 is 15.1. The number of hydrogen-bond donors (Lipinski definition) is 1. The molecule has 1 atom stereocenters. The van der Waals surface area contributed by atoms with Crippen molar-refractivity contribution in [2.75, 3.05) is 13.7 Å². The van der Waals surface area contributed by atoms with Crippen molar-refractivity contribution in [1.82, 2.24) is 5.32 Å². The average Bonchev–Trinajstić information content (AvgIpc) is 3.03. The van der Waals surface area contributed by atoms with E-state index in [4.69, 9.17) is 16.3 Å². The molecule has 0 saturated heterocycles. The molecule has 1 aliphatic rings. The van der Waals surface area contributed by atoms with Crippen molar-refractivity contribution in [3.8, 4) is 5.75 Å². The molecule has 0 amide bonds. The van der Waals surface area contributed by atoms with Crippen LogP contribution in [0.1, 0.15) is 22.0 Å². The van der Waals surface area contributed by atoms with Gasteiger partial charge in [-0.25, -0.2) is 0 Å². The number of fused-ring (bicyclic) bond motifs is 1. The van der Waals surface area contributed by atoms with Crippen LogP contribution in [0, 0.1) is 0 Å². The highest BCUT2D eigenvalue weighted by molar-refractivity contribution is 9.13. The Morgan fingerprint density at radius 3 is 2.86 bits per heavy atom. The van der Waals surface area contributed by atoms with Crippen LogP contribution in [0.5, 0.6) is 5.75 Å². The Bertz CT molecular complexity index is 654. The topological polar surface area (TPSA) is 21.3 Å². The van der Waals surface area contributed by atoms with Crippen molar-refractivity contribution >= 4 is 54.8 Å². The summed E-state index contributed by atoms with van der Waals surface area (Å²) in [6.45, 7) is 0.753. The van der Waals surface area contributed by atoms with E-state index in [9.17, 15) is 0 Å². The summed E-state index contributed by atoms with van der Waals surface area (Å²) in [6, 6.07) is 6.43. The maximum atomic E-state index is 6.24. The third kappa shape index (κ3) is 3.32. The molecule has 2 heterocycles. The SMILES string of the molecule is CNC(Cc1cc(Cl)cc2c1OCC2)c1cc(Br)c(Br)s1. The monoisotopic (exact) mass is 449 g/mol. The van der Waals surface area contributed by atoms with Crippen LogP contribution in [0.3, 0.4) is 0 Å². The second kappa shape index (κ2) is 6.59. The van der Waals surface area contributed by atoms with Gasteiger partial charge in [0, 0.05) is 26.8 Å². The first-order chi connectivity index (χ1) is 10.1. The lowest BCUT2D eigenvalue weighted by Gasteiger charge is -2.17. The molecule has 0 spiro atoms. The van der Waals surface area contributed by atoms with Gasteiger partial charge in [0.25, 0.3) is 0 Å². The van der Waals surface area contributed by atoms with Crippen LogP contribution in [0.2, 0.25) is 5.02 Å². The van der Waals surface area contributed by atoms with Crippen molar-refractivity contribution in [2.24, 2.45) is 0 Å². The summed E-state index contributed by atoms with van der Waals surface area (Å²) in [7, 11) is 1.98. The summed E-state index contributed by atoms with van der Waals surface area (Å²) in [4.78, 5) is 1.28. The third-order valence-corrected chi connectivity index (χ3v) is 7.19. The molecule has 1 N–H and O–H groups in total. The summed E-state index contributed by atoms with van der Waals surface area (Å²) in [6.07, 6.45) is 1.81. The largest absolute Gasteiger partial charge is 0.493 e. The Labute approximate surface area is 150 Å². The lowest BCUT2D eigenvalue weighted by molar-refractivity contribution is 0.352. The maximum Gasteiger partial charge on any atom is 0.125 e. The van der Waals surface area contributed by atoms with E-state index in [1.54, 1.807) is 11.3 Å². The van der Waals surface area contributed by atoms with Crippen molar-refractivity contribution in [1.29, 1.82) is 0 Å². The lowest BCUT2D eigenvalue weighted by atomic mass is 10.0. The van der Waals surface area contributed by atoms with Crippen LogP contribution in [-0.4, -0.2) is 13.7 Å². The van der Waals surface area contributed by atoms with Gasteiger partial charge >= 0.3 is 0 Å². The zero-order valence-corrected chi connectivity index (χ0v) is 16.1. The van der Waals surface area contributed by atoms with E-state index in [0.717, 1.165) is 38.5 Å². The molecule has 1 aromatic heterocycles. The van der Waals surface area contributed by atoms with Gasteiger partial charge in [0.2, 0.25) is 0 Å². The summed E-state index contributed by atoms with van der Waals surface area (Å²) in [5.74, 6) is 1.02. The summed E-state index contributed by atoms with van der Waals surface area (Å²) in [5, 5.41) is 4.18. The van der Waals surface area contributed by atoms with Gasteiger partial charge in [-0.05, 0) is 74.7 Å². The molecule has 2 nitrogen and oxygen atoms in total. The Morgan fingerprint density at radius 1 is 1.38 bits per heavy atom. The van der Waals surface area contributed by atoms with Gasteiger partial charge in [0.15, 0.2) is 0 Å². The second-order valence-electron chi connectivity index (χ2n) is 4.97. The number of halogens is 3. The minimum Gasteiger partial charge on any atom is -0.493 e. The molecule has 0 fully saturated rings. The van der Waals surface area contributed by atoms with Crippen LogP contribution in [0.15, 0.2) is 26.5 Å². The Kier molecular flexibility index (Phi) is 4.96. The zero-order valence-electron chi connectivity index (χ0n) is 11.4. The molecule has 0 bridgehead atoms. The first-order valence-corrected chi connectivity index (χ1v) is 9.42. The average molecular weight is 452 g/mol. The van der Waals surface area contributed by atoms with Crippen LogP contribution in [0.25, 0.3) is 0 Å². The molecule has 1 aromatic carbocycles. The van der Waals surface area contributed by atoms with Crippen LogP contribution >= 0.6 is 54.8 Å². The number of hydrogen-bond acceptors (Lipinski definition) is 3. The fourth-order valence-corrected chi connectivity index (χ4v) is 5.06. The van der Waals surface area contributed by atoms with E-state index >= 15 is 0 Å². The van der Waals surface area contributed by atoms with E-state index in [-0.39, 0.29) is 6.04 Å². The van der Waals surface area contributed by atoms with Gasteiger partial charge in [0.1, 0.15) is 5.75 Å². The number of benzene rings is 1. The predicted molar refractivity (Wildman–Crippen MR) is 95.9 cm³/mol. The smallest absolute Gasteiger partial charge is 0.125 e. The van der Waals surface area contributed by atoms with Crippen molar-refractivity contribution in [3.05, 3.63) is 47.5 Å². The quantitative estimate of drug-likeness (QED) is 0.675. The molecule has 1 unspecified atom stereocenters. The van der Waals surface area contributed by atoms with Gasteiger partial charge in [-0.1, -0.05) is 11.6 Å². The second-order valence-corrected chi connectivity index (χ2v) is 8.66. The number of thiophene rings is 1. The normalized spacial score (nSPS) is 14.9. The van der Waals surface area contributed by atoms with Crippen LogP contribution in [0.4, 0.5) is 0 Å². The molecular formula is C15H14Br2ClNOS. The fourth-order valence-electron chi connectivity index (χ4n) is 2.60. The number of nitrogens with one attached hydrogen (secondary N) is 1.